The molecule has 3 aliphatic heterocycles. The molecular formula is C23H24N4O. The number of hydrogen-bond donors (Lipinski definition) is 0. The monoisotopic (exact) mass is 372 g/mol. The first-order valence-corrected chi connectivity index (χ1v) is 9.96. The predicted octanol–water partition coefficient (Wildman–Crippen LogP) is 2.86. The molecule has 0 aromatic heterocycles. The Labute approximate surface area is 165 Å². The van der Waals surface area contributed by atoms with Crippen molar-refractivity contribution >= 4 is 11.9 Å². The summed E-state index contributed by atoms with van der Waals surface area (Å²) in [5.74, 6) is 0.956. The molecule has 0 unspecified atom stereocenters. The SMILES string of the molecule is O=C1C2=C(CCN(Cc3ccccc3)C2)N2CCN=C2N1Cc1ccccc1. The van der Waals surface area contributed by atoms with Gasteiger partial charge in [0.15, 0.2) is 0 Å². The Hall–Kier alpha value is -2.92. The van der Waals surface area contributed by atoms with Crippen molar-refractivity contribution in [2.75, 3.05) is 26.2 Å². The third-order valence-corrected chi connectivity index (χ3v) is 5.72. The lowest BCUT2D eigenvalue weighted by Gasteiger charge is -2.42. The second kappa shape index (κ2) is 7.24. The molecule has 0 bridgehead atoms. The minimum Gasteiger partial charge on any atom is -0.314 e. The summed E-state index contributed by atoms with van der Waals surface area (Å²) >= 11 is 0. The van der Waals surface area contributed by atoms with Gasteiger partial charge in [-0.15, -0.1) is 0 Å². The van der Waals surface area contributed by atoms with E-state index in [2.05, 4.69) is 51.2 Å². The normalized spacial score (nSPS) is 19.6. The highest BCUT2D eigenvalue weighted by Crippen LogP contribution is 2.32. The maximum Gasteiger partial charge on any atom is 0.259 e. The van der Waals surface area contributed by atoms with E-state index in [1.54, 1.807) is 0 Å². The zero-order valence-electron chi connectivity index (χ0n) is 15.9. The number of benzene rings is 2. The summed E-state index contributed by atoms with van der Waals surface area (Å²) in [4.78, 5) is 24.6. The maximum atomic E-state index is 13.4. The smallest absolute Gasteiger partial charge is 0.259 e. The molecule has 0 saturated carbocycles. The van der Waals surface area contributed by atoms with Crippen molar-refractivity contribution in [3.63, 3.8) is 0 Å². The molecule has 3 heterocycles. The molecular weight excluding hydrogens is 348 g/mol. The van der Waals surface area contributed by atoms with Crippen LogP contribution < -0.4 is 0 Å². The Morgan fingerprint density at radius 1 is 0.857 bits per heavy atom. The third kappa shape index (κ3) is 3.12. The van der Waals surface area contributed by atoms with Crippen LogP contribution in [0.4, 0.5) is 0 Å². The van der Waals surface area contributed by atoms with Gasteiger partial charge in [0, 0.05) is 38.3 Å². The first-order chi connectivity index (χ1) is 13.8. The van der Waals surface area contributed by atoms with Gasteiger partial charge in [-0.2, -0.15) is 0 Å². The molecule has 2 aromatic rings. The van der Waals surface area contributed by atoms with Crippen molar-refractivity contribution in [3.05, 3.63) is 83.1 Å². The fourth-order valence-electron chi connectivity index (χ4n) is 4.36. The third-order valence-electron chi connectivity index (χ3n) is 5.72. The van der Waals surface area contributed by atoms with Crippen LogP contribution >= 0.6 is 0 Å². The van der Waals surface area contributed by atoms with Crippen LogP contribution in [-0.2, 0) is 17.9 Å². The predicted molar refractivity (Wildman–Crippen MR) is 109 cm³/mol. The van der Waals surface area contributed by atoms with Crippen LogP contribution in [0.25, 0.3) is 0 Å². The Balaban J connectivity index is 1.41. The largest absolute Gasteiger partial charge is 0.314 e. The minimum absolute atomic E-state index is 0.119. The molecule has 5 heteroatoms. The van der Waals surface area contributed by atoms with Crippen molar-refractivity contribution < 1.29 is 4.79 Å². The number of carbonyl (C=O) groups is 1. The molecule has 142 valence electrons. The van der Waals surface area contributed by atoms with Crippen molar-refractivity contribution in [1.29, 1.82) is 0 Å². The van der Waals surface area contributed by atoms with E-state index >= 15 is 0 Å². The highest BCUT2D eigenvalue weighted by molar-refractivity contribution is 6.09. The van der Waals surface area contributed by atoms with Gasteiger partial charge in [-0.05, 0) is 11.1 Å². The van der Waals surface area contributed by atoms with E-state index in [0.717, 1.165) is 49.7 Å². The molecule has 28 heavy (non-hydrogen) atoms. The fraction of sp³-hybridized carbons (Fsp3) is 0.304. The van der Waals surface area contributed by atoms with E-state index < -0.39 is 0 Å². The van der Waals surface area contributed by atoms with Gasteiger partial charge in [0.25, 0.3) is 5.91 Å². The van der Waals surface area contributed by atoms with Crippen LogP contribution in [0.3, 0.4) is 0 Å². The van der Waals surface area contributed by atoms with Crippen molar-refractivity contribution in [1.82, 2.24) is 14.7 Å². The van der Waals surface area contributed by atoms with Crippen molar-refractivity contribution in [2.45, 2.75) is 19.5 Å². The van der Waals surface area contributed by atoms with E-state index in [1.165, 1.54) is 11.3 Å². The van der Waals surface area contributed by atoms with Gasteiger partial charge >= 0.3 is 0 Å². The average molecular weight is 372 g/mol. The Morgan fingerprint density at radius 3 is 2.25 bits per heavy atom. The standard InChI is InChI=1S/C23H24N4O/c28-22-20-17-25(15-18-7-3-1-4-8-18)13-11-21(20)26-14-12-24-23(26)27(22)16-19-9-5-2-6-10-19/h1-10H,11-17H2. The molecule has 0 fully saturated rings. The topological polar surface area (TPSA) is 39.2 Å². The highest BCUT2D eigenvalue weighted by atomic mass is 16.2. The van der Waals surface area contributed by atoms with Crippen molar-refractivity contribution in [2.24, 2.45) is 4.99 Å². The summed E-state index contributed by atoms with van der Waals surface area (Å²) in [6, 6.07) is 20.7. The number of guanidine groups is 1. The van der Waals surface area contributed by atoms with Crippen molar-refractivity contribution in [3.8, 4) is 0 Å². The molecule has 3 aliphatic rings. The molecule has 5 rings (SSSR count). The summed E-state index contributed by atoms with van der Waals surface area (Å²) < 4.78 is 0. The van der Waals surface area contributed by atoms with E-state index in [4.69, 9.17) is 0 Å². The van der Waals surface area contributed by atoms with Gasteiger partial charge in [0.05, 0.1) is 18.7 Å². The van der Waals surface area contributed by atoms with Crippen LogP contribution in [0.5, 0.6) is 0 Å². The quantitative estimate of drug-likeness (QED) is 0.829. The summed E-state index contributed by atoms with van der Waals surface area (Å²) in [5, 5.41) is 0. The molecule has 0 saturated heterocycles. The van der Waals surface area contributed by atoms with E-state index in [-0.39, 0.29) is 5.91 Å². The summed E-state index contributed by atoms with van der Waals surface area (Å²) in [7, 11) is 0. The van der Waals surface area contributed by atoms with Crippen LogP contribution in [-0.4, -0.2) is 52.7 Å². The molecule has 0 N–H and O–H groups in total. The number of amides is 1. The average Bonchev–Trinajstić information content (AvgIpc) is 3.22. The first kappa shape index (κ1) is 17.2. The lowest BCUT2D eigenvalue weighted by atomic mass is 10.00. The Kier molecular flexibility index (Phi) is 4.45. The van der Waals surface area contributed by atoms with Crippen LogP contribution in [0.1, 0.15) is 17.5 Å². The van der Waals surface area contributed by atoms with E-state index in [9.17, 15) is 4.79 Å². The maximum absolute atomic E-state index is 13.4. The second-order valence-electron chi connectivity index (χ2n) is 7.58. The van der Waals surface area contributed by atoms with Gasteiger partial charge in [-0.1, -0.05) is 60.7 Å². The summed E-state index contributed by atoms with van der Waals surface area (Å²) in [6.45, 7) is 4.78. The molecule has 2 aromatic carbocycles. The number of rotatable bonds is 4. The zero-order chi connectivity index (χ0) is 18.9. The van der Waals surface area contributed by atoms with Gasteiger partial charge in [0.1, 0.15) is 0 Å². The number of hydrogen-bond acceptors (Lipinski definition) is 4. The van der Waals surface area contributed by atoms with Crippen LogP contribution in [0.15, 0.2) is 76.9 Å². The van der Waals surface area contributed by atoms with Gasteiger partial charge < -0.3 is 4.90 Å². The number of nitrogens with zero attached hydrogens (tertiary/aromatic N) is 4. The fourth-order valence-corrected chi connectivity index (χ4v) is 4.36. The van der Waals surface area contributed by atoms with Gasteiger partial charge in [0.2, 0.25) is 5.96 Å². The van der Waals surface area contributed by atoms with Crippen LogP contribution in [0, 0.1) is 0 Å². The number of fused-ring (bicyclic) bond motifs is 2. The van der Waals surface area contributed by atoms with Gasteiger partial charge in [-0.25, -0.2) is 0 Å². The minimum atomic E-state index is 0.119. The Bertz CT molecular complexity index is 936. The zero-order valence-corrected chi connectivity index (χ0v) is 15.9. The first-order valence-electron chi connectivity index (χ1n) is 9.96. The van der Waals surface area contributed by atoms with Crippen LogP contribution in [0.2, 0.25) is 0 Å². The Morgan fingerprint density at radius 2 is 1.54 bits per heavy atom. The molecule has 0 spiro atoms. The number of aliphatic imine (C=N–C) groups is 1. The summed E-state index contributed by atoms with van der Waals surface area (Å²) in [6.07, 6.45) is 0.909. The summed E-state index contributed by atoms with van der Waals surface area (Å²) in [5.41, 5.74) is 4.56. The highest BCUT2D eigenvalue weighted by Gasteiger charge is 2.40. The molecule has 0 radical (unpaired) electrons. The van der Waals surface area contributed by atoms with E-state index in [1.807, 2.05) is 29.2 Å². The van der Waals surface area contributed by atoms with Gasteiger partial charge in [-0.3, -0.25) is 19.6 Å². The molecule has 5 nitrogen and oxygen atoms in total. The van der Waals surface area contributed by atoms with E-state index in [0.29, 0.717) is 13.1 Å². The lowest BCUT2D eigenvalue weighted by molar-refractivity contribution is -0.125. The molecule has 0 aliphatic carbocycles. The number of carbonyl (C=O) groups excluding carboxylic acids is 1. The lowest BCUT2D eigenvalue weighted by Crippen LogP contribution is -2.53. The molecule has 1 amide bonds. The second-order valence-corrected chi connectivity index (χ2v) is 7.58. The molecule has 0 atom stereocenters.